The number of carbonyl (C=O) groups excluding carboxylic acids is 1. The van der Waals surface area contributed by atoms with E-state index < -0.39 is 0 Å². The van der Waals surface area contributed by atoms with Crippen molar-refractivity contribution in [3.63, 3.8) is 0 Å². The van der Waals surface area contributed by atoms with Crippen LogP contribution in [0.5, 0.6) is 0 Å². The lowest BCUT2D eigenvalue weighted by molar-refractivity contribution is -0.121. The van der Waals surface area contributed by atoms with Crippen LogP contribution in [0.15, 0.2) is 59.4 Å². The molecule has 1 aromatic heterocycles. The summed E-state index contributed by atoms with van der Waals surface area (Å²) in [6.45, 7) is 1.94. The van der Waals surface area contributed by atoms with Gasteiger partial charge in [-0.25, -0.2) is 4.98 Å². The Morgan fingerprint density at radius 1 is 1.07 bits per heavy atom. The van der Waals surface area contributed by atoms with E-state index in [2.05, 4.69) is 10.3 Å². The molecule has 27 heavy (non-hydrogen) atoms. The molecule has 0 spiro atoms. The first kappa shape index (κ1) is 19.1. The van der Waals surface area contributed by atoms with Crippen LogP contribution in [0.4, 0.5) is 0 Å². The SMILES string of the molecule is Cc1cc(=O)n(CC(=O)NCc2ccc(Cl)cc2)c(-c2cccc(Cl)c2)n1. The zero-order valence-corrected chi connectivity index (χ0v) is 16.1. The van der Waals surface area contributed by atoms with Gasteiger partial charge in [0, 0.05) is 33.9 Å². The van der Waals surface area contributed by atoms with Gasteiger partial charge in [0.1, 0.15) is 12.4 Å². The van der Waals surface area contributed by atoms with Crippen LogP contribution >= 0.6 is 23.2 Å². The van der Waals surface area contributed by atoms with Crippen molar-refractivity contribution in [2.24, 2.45) is 0 Å². The van der Waals surface area contributed by atoms with Gasteiger partial charge in [0.15, 0.2) is 0 Å². The predicted octanol–water partition coefficient (Wildman–Crippen LogP) is 3.84. The van der Waals surface area contributed by atoms with Crippen LogP contribution < -0.4 is 10.9 Å². The summed E-state index contributed by atoms with van der Waals surface area (Å²) in [7, 11) is 0. The second kappa shape index (κ2) is 8.37. The molecule has 0 bridgehead atoms. The fourth-order valence-electron chi connectivity index (χ4n) is 2.62. The second-order valence-corrected chi connectivity index (χ2v) is 6.93. The molecule has 0 radical (unpaired) electrons. The molecule has 2 aromatic carbocycles. The molecule has 3 aromatic rings. The van der Waals surface area contributed by atoms with E-state index in [-0.39, 0.29) is 18.0 Å². The number of aryl methyl sites for hydroxylation is 1. The molecule has 0 aliphatic carbocycles. The summed E-state index contributed by atoms with van der Waals surface area (Å²) in [6.07, 6.45) is 0. The Bertz CT molecular complexity index is 1030. The molecule has 0 unspecified atom stereocenters. The molecule has 0 aliphatic heterocycles. The van der Waals surface area contributed by atoms with Gasteiger partial charge >= 0.3 is 0 Å². The van der Waals surface area contributed by atoms with E-state index in [4.69, 9.17) is 23.2 Å². The van der Waals surface area contributed by atoms with Crippen molar-refractivity contribution in [3.8, 4) is 11.4 Å². The van der Waals surface area contributed by atoms with Crippen molar-refractivity contribution in [2.45, 2.75) is 20.0 Å². The molecule has 1 heterocycles. The smallest absolute Gasteiger partial charge is 0.254 e. The third kappa shape index (κ3) is 4.96. The Balaban J connectivity index is 1.82. The van der Waals surface area contributed by atoms with Gasteiger partial charge in [-0.05, 0) is 36.8 Å². The Hall–Kier alpha value is -2.63. The van der Waals surface area contributed by atoms with Crippen molar-refractivity contribution < 1.29 is 4.79 Å². The van der Waals surface area contributed by atoms with Crippen LogP contribution in [-0.2, 0) is 17.9 Å². The Labute approximate surface area is 166 Å². The highest BCUT2D eigenvalue weighted by Gasteiger charge is 2.13. The summed E-state index contributed by atoms with van der Waals surface area (Å²) in [6, 6.07) is 15.6. The van der Waals surface area contributed by atoms with Gasteiger partial charge < -0.3 is 5.32 Å². The monoisotopic (exact) mass is 401 g/mol. The molecule has 0 saturated carbocycles. The fraction of sp³-hybridized carbons (Fsp3) is 0.150. The Kier molecular flexibility index (Phi) is 5.94. The highest BCUT2D eigenvalue weighted by Crippen LogP contribution is 2.20. The lowest BCUT2D eigenvalue weighted by Crippen LogP contribution is -2.33. The molecule has 5 nitrogen and oxygen atoms in total. The van der Waals surface area contributed by atoms with Crippen LogP contribution in [-0.4, -0.2) is 15.5 Å². The molecule has 1 amide bonds. The molecule has 0 saturated heterocycles. The Morgan fingerprint density at radius 3 is 2.52 bits per heavy atom. The van der Waals surface area contributed by atoms with Gasteiger partial charge in [-0.1, -0.05) is 47.5 Å². The molecular formula is C20H17Cl2N3O2. The van der Waals surface area contributed by atoms with Gasteiger partial charge in [-0.3, -0.25) is 14.2 Å². The number of aromatic nitrogens is 2. The van der Waals surface area contributed by atoms with Crippen LogP contribution in [0.1, 0.15) is 11.3 Å². The number of rotatable bonds is 5. The van der Waals surface area contributed by atoms with E-state index in [9.17, 15) is 9.59 Å². The summed E-state index contributed by atoms with van der Waals surface area (Å²) in [5, 5.41) is 3.97. The van der Waals surface area contributed by atoms with E-state index in [1.165, 1.54) is 10.6 Å². The predicted molar refractivity (Wildman–Crippen MR) is 107 cm³/mol. The summed E-state index contributed by atoms with van der Waals surface area (Å²) >= 11 is 11.9. The highest BCUT2D eigenvalue weighted by atomic mass is 35.5. The average molecular weight is 402 g/mol. The summed E-state index contributed by atoms with van der Waals surface area (Å²) < 4.78 is 1.34. The normalized spacial score (nSPS) is 10.6. The minimum Gasteiger partial charge on any atom is -0.350 e. The highest BCUT2D eigenvalue weighted by molar-refractivity contribution is 6.31. The number of benzene rings is 2. The van der Waals surface area contributed by atoms with E-state index in [0.717, 1.165) is 5.56 Å². The number of carbonyl (C=O) groups is 1. The summed E-state index contributed by atoms with van der Waals surface area (Å²) in [5.74, 6) is 0.116. The molecule has 1 N–H and O–H groups in total. The number of nitrogens with zero attached hydrogens (tertiary/aromatic N) is 2. The fourth-order valence-corrected chi connectivity index (χ4v) is 2.94. The van der Waals surface area contributed by atoms with Crippen LogP contribution in [0, 0.1) is 6.92 Å². The topological polar surface area (TPSA) is 64.0 Å². The molecule has 7 heteroatoms. The van der Waals surface area contributed by atoms with Crippen LogP contribution in [0.2, 0.25) is 10.0 Å². The molecular weight excluding hydrogens is 385 g/mol. The zero-order chi connectivity index (χ0) is 19.4. The molecule has 3 rings (SSSR count). The van der Waals surface area contributed by atoms with Crippen molar-refractivity contribution in [2.75, 3.05) is 0 Å². The van der Waals surface area contributed by atoms with Crippen molar-refractivity contribution in [1.29, 1.82) is 0 Å². The minimum absolute atomic E-state index is 0.137. The summed E-state index contributed by atoms with van der Waals surface area (Å²) in [4.78, 5) is 29.3. The molecule has 0 atom stereocenters. The van der Waals surface area contributed by atoms with Crippen LogP contribution in [0.25, 0.3) is 11.4 Å². The lowest BCUT2D eigenvalue weighted by atomic mass is 10.2. The number of hydrogen-bond donors (Lipinski definition) is 1. The van der Waals surface area contributed by atoms with E-state index in [0.29, 0.717) is 33.7 Å². The Morgan fingerprint density at radius 2 is 1.81 bits per heavy atom. The minimum atomic E-state index is -0.292. The number of nitrogens with one attached hydrogen (secondary N) is 1. The number of amides is 1. The van der Waals surface area contributed by atoms with Gasteiger partial charge in [0.25, 0.3) is 5.56 Å². The van der Waals surface area contributed by atoms with Crippen molar-refractivity contribution >= 4 is 29.1 Å². The number of hydrogen-bond acceptors (Lipinski definition) is 3. The first-order valence-corrected chi connectivity index (χ1v) is 9.03. The van der Waals surface area contributed by atoms with Gasteiger partial charge in [-0.15, -0.1) is 0 Å². The van der Waals surface area contributed by atoms with E-state index in [1.54, 1.807) is 43.3 Å². The molecule has 138 valence electrons. The van der Waals surface area contributed by atoms with Gasteiger partial charge in [0.2, 0.25) is 5.91 Å². The lowest BCUT2D eigenvalue weighted by Gasteiger charge is -2.13. The van der Waals surface area contributed by atoms with Crippen molar-refractivity contribution in [1.82, 2.24) is 14.9 Å². The maximum Gasteiger partial charge on any atom is 0.254 e. The standard InChI is InChI=1S/C20H17Cl2N3O2/c1-13-9-19(27)25(20(24-13)15-3-2-4-17(22)10-15)12-18(26)23-11-14-5-7-16(21)8-6-14/h2-10H,11-12H2,1H3,(H,23,26). The molecule has 0 fully saturated rings. The first-order valence-electron chi connectivity index (χ1n) is 8.28. The van der Waals surface area contributed by atoms with Gasteiger partial charge in [0.05, 0.1) is 0 Å². The van der Waals surface area contributed by atoms with E-state index in [1.807, 2.05) is 12.1 Å². The van der Waals surface area contributed by atoms with E-state index >= 15 is 0 Å². The molecule has 0 aliphatic rings. The second-order valence-electron chi connectivity index (χ2n) is 6.06. The average Bonchev–Trinajstić information content (AvgIpc) is 2.63. The van der Waals surface area contributed by atoms with Crippen LogP contribution in [0.3, 0.4) is 0 Å². The quantitative estimate of drug-likeness (QED) is 0.705. The largest absolute Gasteiger partial charge is 0.350 e. The maximum absolute atomic E-state index is 12.5. The van der Waals surface area contributed by atoms with Gasteiger partial charge in [-0.2, -0.15) is 0 Å². The number of halogens is 2. The zero-order valence-electron chi connectivity index (χ0n) is 14.6. The third-order valence-electron chi connectivity index (χ3n) is 3.92. The summed E-state index contributed by atoms with van der Waals surface area (Å²) in [5.41, 5.74) is 1.87. The maximum atomic E-state index is 12.5. The van der Waals surface area contributed by atoms with Crippen molar-refractivity contribution in [3.05, 3.63) is 86.3 Å². The third-order valence-corrected chi connectivity index (χ3v) is 4.41. The first-order chi connectivity index (χ1) is 12.9.